The predicted octanol–water partition coefficient (Wildman–Crippen LogP) is 2.33. The Bertz CT molecular complexity index is 452. The summed E-state index contributed by atoms with van der Waals surface area (Å²) in [5.74, 6) is 1.49. The fraction of sp³-hybridized carbons (Fsp3) is 0.385. The van der Waals surface area contributed by atoms with E-state index in [1.807, 2.05) is 24.3 Å². The molecule has 1 aromatic rings. The number of amidine groups is 1. The zero-order chi connectivity index (χ0) is 12.1. The Morgan fingerprint density at radius 2 is 2.18 bits per heavy atom. The van der Waals surface area contributed by atoms with Crippen molar-refractivity contribution in [3.05, 3.63) is 29.8 Å². The first kappa shape index (κ1) is 11.6. The first-order valence-corrected chi connectivity index (χ1v) is 5.91. The third-order valence-electron chi connectivity index (χ3n) is 2.56. The molecule has 1 aliphatic rings. The quantitative estimate of drug-likeness (QED) is 0.864. The second kappa shape index (κ2) is 5.48. The molecule has 2 N–H and O–H groups in total. The number of nitrogens with two attached hydrogens (primary N) is 1. The largest absolute Gasteiger partial charge is 0.494 e. The standard InChI is InChI=1S/C13H17N3O/c1-2-8-17-11-5-3-4-10(9-11)12-6-7-13(14)16-15-12/h3-5,9H,2,6-8H2,1H3,(H2,14,16). The Hall–Kier alpha value is -1.84. The molecule has 0 amide bonds. The highest BCUT2D eigenvalue weighted by atomic mass is 16.5. The fourth-order valence-electron chi connectivity index (χ4n) is 1.66. The van der Waals surface area contributed by atoms with Gasteiger partial charge in [0.2, 0.25) is 0 Å². The average Bonchev–Trinajstić information content (AvgIpc) is 2.37. The van der Waals surface area contributed by atoms with E-state index in [4.69, 9.17) is 10.5 Å². The Morgan fingerprint density at radius 1 is 1.29 bits per heavy atom. The van der Waals surface area contributed by atoms with Crippen LogP contribution in [0.2, 0.25) is 0 Å². The number of nitrogens with zero attached hydrogens (tertiary/aromatic N) is 2. The highest BCUT2D eigenvalue weighted by molar-refractivity contribution is 6.04. The molecular weight excluding hydrogens is 214 g/mol. The van der Waals surface area contributed by atoms with Gasteiger partial charge in [-0.25, -0.2) is 0 Å². The van der Waals surface area contributed by atoms with Gasteiger partial charge in [-0.3, -0.25) is 0 Å². The summed E-state index contributed by atoms with van der Waals surface area (Å²) >= 11 is 0. The molecule has 0 bridgehead atoms. The van der Waals surface area contributed by atoms with Crippen molar-refractivity contribution in [2.75, 3.05) is 6.61 Å². The molecule has 90 valence electrons. The van der Waals surface area contributed by atoms with Crippen LogP contribution < -0.4 is 10.5 Å². The maximum atomic E-state index is 5.59. The third-order valence-corrected chi connectivity index (χ3v) is 2.56. The van der Waals surface area contributed by atoms with Gasteiger partial charge in [0.05, 0.1) is 12.3 Å². The van der Waals surface area contributed by atoms with E-state index < -0.39 is 0 Å². The van der Waals surface area contributed by atoms with Crippen LogP contribution in [0.25, 0.3) is 0 Å². The molecule has 0 atom stereocenters. The second-order valence-electron chi connectivity index (χ2n) is 4.01. The maximum absolute atomic E-state index is 5.59. The topological polar surface area (TPSA) is 60.0 Å². The molecule has 1 aliphatic heterocycles. The Balaban J connectivity index is 2.16. The molecule has 4 heteroatoms. The van der Waals surface area contributed by atoms with Crippen molar-refractivity contribution >= 4 is 11.5 Å². The average molecular weight is 231 g/mol. The minimum absolute atomic E-state index is 0.604. The van der Waals surface area contributed by atoms with Gasteiger partial charge in [0.1, 0.15) is 11.6 Å². The van der Waals surface area contributed by atoms with E-state index in [9.17, 15) is 0 Å². The van der Waals surface area contributed by atoms with E-state index in [-0.39, 0.29) is 0 Å². The molecule has 17 heavy (non-hydrogen) atoms. The summed E-state index contributed by atoms with van der Waals surface area (Å²) in [5.41, 5.74) is 7.63. The summed E-state index contributed by atoms with van der Waals surface area (Å²) < 4.78 is 5.59. The summed E-state index contributed by atoms with van der Waals surface area (Å²) in [6, 6.07) is 7.96. The molecule has 0 saturated carbocycles. The highest BCUT2D eigenvalue weighted by Gasteiger charge is 2.10. The van der Waals surface area contributed by atoms with Gasteiger partial charge in [-0.05, 0) is 25.0 Å². The molecule has 4 nitrogen and oxygen atoms in total. The van der Waals surface area contributed by atoms with Gasteiger partial charge in [-0.1, -0.05) is 19.1 Å². The first-order chi connectivity index (χ1) is 8.29. The third kappa shape index (κ3) is 3.06. The van der Waals surface area contributed by atoms with E-state index >= 15 is 0 Å². The normalized spacial score (nSPS) is 15.1. The molecule has 0 aromatic heterocycles. The Morgan fingerprint density at radius 3 is 2.88 bits per heavy atom. The molecule has 0 unspecified atom stereocenters. The maximum Gasteiger partial charge on any atom is 0.122 e. The highest BCUT2D eigenvalue weighted by Crippen LogP contribution is 2.17. The lowest BCUT2D eigenvalue weighted by Crippen LogP contribution is -2.17. The zero-order valence-corrected chi connectivity index (χ0v) is 10.0. The van der Waals surface area contributed by atoms with E-state index in [0.717, 1.165) is 42.9 Å². The SMILES string of the molecule is CCCOc1cccc(C2=NN=C(N)CC2)c1. The Kier molecular flexibility index (Phi) is 3.75. The number of hydrogen-bond donors (Lipinski definition) is 1. The number of rotatable bonds is 4. The van der Waals surface area contributed by atoms with Crippen molar-refractivity contribution < 1.29 is 4.74 Å². The lowest BCUT2D eigenvalue weighted by Gasteiger charge is -2.11. The molecule has 0 saturated heterocycles. The van der Waals surface area contributed by atoms with Crippen LogP contribution >= 0.6 is 0 Å². The minimum atomic E-state index is 0.604. The van der Waals surface area contributed by atoms with Crippen LogP contribution in [0.1, 0.15) is 31.7 Å². The summed E-state index contributed by atoms with van der Waals surface area (Å²) in [5, 5.41) is 8.05. The first-order valence-electron chi connectivity index (χ1n) is 5.91. The van der Waals surface area contributed by atoms with Gasteiger partial charge in [0.15, 0.2) is 0 Å². The van der Waals surface area contributed by atoms with Crippen LogP contribution in [0, 0.1) is 0 Å². The Labute approximate surface area is 101 Å². The minimum Gasteiger partial charge on any atom is -0.494 e. The van der Waals surface area contributed by atoms with E-state index in [1.165, 1.54) is 0 Å². The van der Waals surface area contributed by atoms with E-state index in [2.05, 4.69) is 17.1 Å². The van der Waals surface area contributed by atoms with Crippen LogP contribution in [0.15, 0.2) is 34.5 Å². The fourth-order valence-corrected chi connectivity index (χ4v) is 1.66. The molecular formula is C13H17N3O. The lowest BCUT2D eigenvalue weighted by molar-refractivity contribution is 0.317. The monoisotopic (exact) mass is 231 g/mol. The number of benzene rings is 1. The van der Waals surface area contributed by atoms with Crippen LogP contribution in [0.3, 0.4) is 0 Å². The molecule has 0 fully saturated rings. The van der Waals surface area contributed by atoms with Crippen molar-refractivity contribution in [1.29, 1.82) is 0 Å². The molecule has 0 radical (unpaired) electrons. The van der Waals surface area contributed by atoms with Crippen LogP contribution in [0.4, 0.5) is 0 Å². The van der Waals surface area contributed by atoms with Gasteiger partial charge >= 0.3 is 0 Å². The molecule has 0 spiro atoms. The van der Waals surface area contributed by atoms with Gasteiger partial charge in [-0.2, -0.15) is 5.10 Å². The van der Waals surface area contributed by atoms with Gasteiger partial charge in [0, 0.05) is 12.0 Å². The summed E-state index contributed by atoms with van der Waals surface area (Å²) in [6.45, 7) is 2.83. The van der Waals surface area contributed by atoms with Crippen molar-refractivity contribution in [3.63, 3.8) is 0 Å². The van der Waals surface area contributed by atoms with Crippen molar-refractivity contribution in [2.45, 2.75) is 26.2 Å². The van der Waals surface area contributed by atoms with Crippen molar-refractivity contribution in [1.82, 2.24) is 0 Å². The summed E-state index contributed by atoms with van der Waals surface area (Å²) in [4.78, 5) is 0. The molecule has 1 aromatic carbocycles. The zero-order valence-electron chi connectivity index (χ0n) is 10.0. The summed E-state index contributed by atoms with van der Waals surface area (Å²) in [6.07, 6.45) is 2.62. The van der Waals surface area contributed by atoms with E-state index in [1.54, 1.807) is 0 Å². The van der Waals surface area contributed by atoms with Crippen LogP contribution in [-0.4, -0.2) is 18.2 Å². The van der Waals surface area contributed by atoms with Gasteiger partial charge < -0.3 is 10.5 Å². The summed E-state index contributed by atoms with van der Waals surface area (Å²) in [7, 11) is 0. The van der Waals surface area contributed by atoms with Crippen LogP contribution in [0.5, 0.6) is 5.75 Å². The lowest BCUT2D eigenvalue weighted by atomic mass is 10.0. The number of hydrogen-bond acceptors (Lipinski definition) is 4. The predicted molar refractivity (Wildman–Crippen MR) is 69.6 cm³/mol. The van der Waals surface area contributed by atoms with Gasteiger partial charge in [0.25, 0.3) is 0 Å². The second-order valence-corrected chi connectivity index (χ2v) is 4.01. The molecule has 0 aliphatic carbocycles. The van der Waals surface area contributed by atoms with E-state index in [0.29, 0.717) is 5.84 Å². The smallest absolute Gasteiger partial charge is 0.122 e. The number of ether oxygens (including phenoxy) is 1. The van der Waals surface area contributed by atoms with Crippen LogP contribution in [-0.2, 0) is 0 Å². The molecule has 1 heterocycles. The van der Waals surface area contributed by atoms with Gasteiger partial charge in [-0.15, -0.1) is 5.10 Å². The van der Waals surface area contributed by atoms with Crippen molar-refractivity contribution in [3.8, 4) is 5.75 Å². The molecule has 2 rings (SSSR count). The van der Waals surface area contributed by atoms with Crippen molar-refractivity contribution in [2.24, 2.45) is 15.9 Å².